The Bertz CT molecular complexity index is 201. The molecular formula is C13H27NO2. The molecular weight excluding hydrogens is 202 g/mol. The summed E-state index contributed by atoms with van der Waals surface area (Å²) < 4.78 is 5.78. The normalized spacial score (nSPS) is 28.3. The first-order valence-electron chi connectivity index (χ1n) is 6.43. The van der Waals surface area contributed by atoms with Crippen molar-refractivity contribution in [1.82, 2.24) is 5.32 Å². The minimum Gasteiger partial charge on any atom is -0.396 e. The van der Waals surface area contributed by atoms with Gasteiger partial charge in [0, 0.05) is 19.2 Å². The molecule has 0 aromatic heterocycles. The fraction of sp³-hybridized carbons (Fsp3) is 1.00. The van der Waals surface area contributed by atoms with Gasteiger partial charge >= 0.3 is 0 Å². The Hall–Kier alpha value is -0.120. The molecule has 0 saturated carbocycles. The second-order valence-corrected chi connectivity index (χ2v) is 5.99. The van der Waals surface area contributed by atoms with Crippen molar-refractivity contribution in [3.8, 4) is 0 Å². The first-order valence-corrected chi connectivity index (χ1v) is 6.43. The Morgan fingerprint density at radius 3 is 2.50 bits per heavy atom. The largest absolute Gasteiger partial charge is 0.396 e. The summed E-state index contributed by atoms with van der Waals surface area (Å²) in [6.07, 6.45) is 3.92. The van der Waals surface area contributed by atoms with Gasteiger partial charge in [0.05, 0.1) is 12.2 Å². The van der Waals surface area contributed by atoms with Gasteiger partial charge in [-0.1, -0.05) is 20.8 Å². The number of nitrogens with one attached hydrogen (secondary N) is 1. The fourth-order valence-electron chi connectivity index (χ4n) is 2.28. The summed E-state index contributed by atoms with van der Waals surface area (Å²) in [4.78, 5) is 0. The van der Waals surface area contributed by atoms with Crippen LogP contribution in [0.25, 0.3) is 0 Å². The Kier molecular flexibility index (Phi) is 5.22. The van der Waals surface area contributed by atoms with Crippen LogP contribution in [-0.4, -0.2) is 36.5 Å². The maximum Gasteiger partial charge on any atom is 0.0704 e. The molecule has 3 unspecified atom stereocenters. The van der Waals surface area contributed by atoms with Crippen molar-refractivity contribution < 1.29 is 9.84 Å². The van der Waals surface area contributed by atoms with Gasteiger partial charge in [-0.25, -0.2) is 0 Å². The molecule has 2 N–H and O–H groups in total. The Morgan fingerprint density at radius 1 is 1.38 bits per heavy atom. The van der Waals surface area contributed by atoms with Crippen molar-refractivity contribution in [3.05, 3.63) is 0 Å². The Balaban J connectivity index is 2.32. The van der Waals surface area contributed by atoms with E-state index in [9.17, 15) is 0 Å². The van der Waals surface area contributed by atoms with Gasteiger partial charge in [-0.3, -0.25) is 0 Å². The van der Waals surface area contributed by atoms with Crippen LogP contribution in [0.3, 0.4) is 0 Å². The van der Waals surface area contributed by atoms with Gasteiger partial charge in [0.2, 0.25) is 0 Å². The molecule has 0 aliphatic carbocycles. The highest BCUT2D eigenvalue weighted by Gasteiger charge is 2.27. The summed E-state index contributed by atoms with van der Waals surface area (Å²) >= 11 is 0. The highest BCUT2D eigenvalue weighted by Crippen LogP contribution is 2.23. The third kappa shape index (κ3) is 4.40. The molecule has 96 valence electrons. The second-order valence-electron chi connectivity index (χ2n) is 5.99. The molecule has 0 aromatic rings. The van der Waals surface area contributed by atoms with Crippen molar-refractivity contribution in [2.45, 2.75) is 65.2 Å². The van der Waals surface area contributed by atoms with Crippen LogP contribution in [0.15, 0.2) is 0 Å². The van der Waals surface area contributed by atoms with Gasteiger partial charge in [-0.2, -0.15) is 0 Å². The standard InChI is InChI=1S/C13H27NO2/c1-10-5-6-11(16-10)9-14-12(7-8-15)13(2,3)4/h10-12,14-15H,5-9H2,1-4H3. The third-order valence-electron chi connectivity index (χ3n) is 3.38. The molecule has 3 heteroatoms. The van der Waals surface area contributed by atoms with Crippen molar-refractivity contribution in [1.29, 1.82) is 0 Å². The maximum absolute atomic E-state index is 9.06. The van der Waals surface area contributed by atoms with Gasteiger partial charge in [0.25, 0.3) is 0 Å². The van der Waals surface area contributed by atoms with Crippen LogP contribution in [0.5, 0.6) is 0 Å². The zero-order chi connectivity index (χ0) is 12.2. The van der Waals surface area contributed by atoms with Crippen LogP contribution in [0.2, 0.25) is 0 Å². The average Bonchev–Trinajstić information content (AvgIpc) is 2.57. The smallest absolute Gasteiger partial charge is 0.0704 e. The zero-order valence-electron chi connectivity index (χ0n) is 11.1. The minimum atomic E-state index is 0.187. The summed E-state index contributed by atoms with van der Waals surface area (Å²) in [5.74, 6) is 0. The molecule has 1 aliphatic rings. The molecule has 0 spiro atoms. The third-order valence-corrected chi connectivity index (χ3v) is 3.38. The number of hydrogen-bond donors (Lipinski definition) is 2. The molecule has 1 fully saturated rings. The van der Waals surface area contributed by atoms with Crippen LogP contribution in [0.4, 0.5) is 0 Å². The van der Waals surface area contributed by atoms with Crippen LogP contribution in [-0.2, 0) is 4.74 Å². The summed E-state index contributed by atoms with van der Waals surface area (Å²) in [5.41, 5.74) is 0.187. The van der Waals surface area contributed by atoms with Crippen molar-refractivity contribution in [3.63, 3.8) is 0 Å². The monoisotopic (exact) mass is 229 g/mol. The number of ether oxygens (including phenoxy) is 1. The van der Waals surface area contributed by atoms with Crippen LogP contribution >= 0.6 is 0 Å². The molecule has 0 bridgehead atoms. The lowest BCUT2D eigenvalue weighted by Gasteiger charge is -2.32. The number of aliphatic hydroxyl groups excluding tert-OH is 1. The van der Waals surface area contributed by atoms with Crippen LogP contribution in [0.1, 0.15) is 47.0 Å². The summed E-state index contributed by atoms with van der Waals surface area (Å²) in [6, 6.07) is 0.358. The topological polar surface area (TPSA) is 41.5 Å². The highest BCUT2D eigenvalue weighted by atomic mass is 16.5. The van der Waals surface area contributed by atoms with Gasteiger partial charge in [0.15, 0.2) is 0 Å². The van der Waals surface area contributed by atoms with E-state index in [4.69, 9.17) is 9.84 Å². The summed E-state index contributed by atoms with van der Waals surface area (Å²) in [6.45, 7) is 9.91. The van der Waals surface area contributed by atoms with E-state index < -0.39 is 0 Å². The van der Waals surface area contributed by atoms with Crippen molar-refractivity contribution in [2.75, 3.05) is 13.2 Å². The fourth-order valence-corrected chi connectivity index (χ4v) is 2.28. The first kappa shape index (κ1) is 13.9. The molecule has 1 saturated heterocycles. The molecule has 1 rings (SSSR count). The number of hydrogen-bond acceptors (Lipinski definition) is 3. The molecule has 0 aromatic carbocycles. The lowest BCUT2D eigenvalue weighted by Crippen LogP contribution is -2.44. The van der Waals surface area contributed by atoms with Crippen LogP contribution < -0.4 is 5.32 Å². The predicted octanol–water partition coefficient (Wildman–Crippen LogP) is 1.94. The van der Waals surface area contributed by atoms with E-state index in [0.29, 0.717) is 18.2 Å². The SMILES string of the molecule is CC1CCC(CNC(CCO)C(C)(C)C)O1. The first-order chi connectivity index (χ1) is 7.43. The molecule has 3 atom stereocenters. The van der Waals surface area contributed by atoms with Gasteiger partial charge in [0.1, 0.15) is 0 Å². The summed E-state index contributed by atoms with van der Waals surface area (Å²) in [7, 11) is 0. The van der Waals surface area contributed by atoms with Gasteiger partial charge in [-0.05, 0) is 31.6 Å². The summed E-state index contributed by atoms with van der Waals surface area (Å²) in [5, 5.41) is 12.6. The van der Waals surface area contributed by atoms with Crippen molar-refractivity contribution >= 4 is 0 Å². The van der Waals surface area contributed by atoms with E-state index in [-0.39, 0.29) is 12.0 Å². The number of rotatable bonds is 5. The lowest BCUT2D eigenvalue weighted by atomic mass is 9.85. The lowest BCUT2D eigenvalue weighted by molar-refractivity contribution is 0.0499. The quantitative estimate of drug-likeness (QED) is 0.757. The molecule has 1 aliphatic heterocycles. The Morgan fingerprint density at radius 2 is 2.06 bits per heavy atom. The van der Waals surface area contributed by atoms with E-state index in [2.05, 4.69) is 33.0 Å². The average molecular weight is 229 g/mol. The maximum atomic E-state index is 9.06. The predicted molar refractivity (Wildman–Crippen MR) is 66.5 cm³/mol. The van der Waals surface area contributed by atoms with Gasteiger partial charge in [-0.15, -0.1) is 0 Å². The van der Waals surface area contributed by atoms with E-state index >= 15 is 0 Å². The van der Waals surface area contributed by atoms with E-state index in [0.717, 1.165) is 19.4 Å². The van der Waals surface area contributed by atoms with Crippen LogP contribution in [0, 0.1) is 5.41 Å². The van der Waals surface area contributed by atoms with E-state index in [1.54, 1.807) is 0 Å². The second kappa shape index (κ2) is 5.99. The minimum absolute atomic E-state index is 0.187. The molecule has 1 heterocycles. The van der Waals surface area contributed by atoms with Gasteiger partial charge < -0.3 is 15.2 Å². The van der Waals surface area contributed by atoms with Crippen molar-refractivity contribution in [2.24, 2.45) is 5.41 Å². The van der Waals surface area contributed by atoms with E-state index in [1.165, 1.54) is 6.42 Å². The highest BCUT2D eigenvalue weighted by molar-refractivity contribution is 4.82. The van der Waals surface area contributed by atoms with E-state index in [1.807, 2.05) is 0 Å². The molecule has 3 nitrogen and oxygen atoms in total. The Labute approximate surface area is 99.6 Å². The molecule has 0 radical (unpaired) electrons. The molecule has 16 heavy (non-hydrogen) atoms. The number of aliphatic hydroxyl groups is 1. The molecule has 0 amide bonds. The zero-order valence-corrected chi connectivity index (χ0v) is 11.1.